The zero-order chi connectivity index (χ0) is 19.8. The van der Waals surface area contributed by atoms with Crippen molar-refractivity contribution >= 4 is 11.6 Å². The van der Waals surface area contributed by atoms with E-state index in [0.29, 0.717) is 24.0 Å². The lowest BCUT2D eigenvalue weighted by Gasteiger charge is -2.14. The fourth-order valence-corrected chi connectivity index (χ4v) is 2.69. The van der Waals surface area contributed by atoms with E-state index in [4.69, 9.17) is 9.47 Å². The Bertz CT molecular complexity index is 924. The third-order valence-electron chi connectivity index (χ3n) is 4.03. The first-order valence-corrected chi connectivity index (χ1v) is 8.95. The lowest BCUT2D eigenvalue weighted by Crippen LogP contribution is -2.30. The highest BCUT2D eigenvalue weighted by Gasteiger charge is 2.07. The first-order valence-electron chi connectivity index (χ1n) is 8.95. The molecular weight excluding hydrogens is 356 g/mol. The van der Waals surface area contributed by atoms with Gasteiger partial charge >= 0.3 is 0 Å². The highest BCUT2D eigenvalue weighted by molar-refractivity contribution is 5.93. The summed E-state index contributed by atoms with van der Waals surface area (Å²) >= 11 is 0. The molecule has 8 heteroatoms. The molecule has 0 atom stereocenters. The standard InChI is InChI=1S/C20H24N6O2/c1-4-21-20(25-16-8-9-17(27-2)18(11-16)28-3)22-12-14-6-5-7-15(10-14)19-23-13-24-26-19/h5-11,13H,4,12H2,1-3H3,(H2,21,22,25)(H,23,24,26). The van der Waals surface area contributed by atoms with Crippen LogP contribution < -0.4 is 20.1 Å². The molecule has 3 aromatic rings. The Hall–Kier alpha value is -3.55. The SMILES string of the molecule is CCNC(=NCc1cccc(-c2ncn[nH]2)c1)Nc1ccc(OC)c(OC)c1. The van der Waals surface area contributed by atoms with Crippen molar-refractivity contribution in [2.75, 3.05) is 26.1 Å². The number of anilines is 1. The molecule has 0 aliphatic heterocycles. The van der Waals surface area contributed by atoms with Crippen LogP contribution in [0.5, 0.6) is 11.5 Å². The number of nitrogens with zero attached hydrogens (tertiary/aromatic N) is 3. The first-order chi connectivity index (χ1) is 13.7. The highest BCUT2D eigenvalue weighted by atomic mass is 16.5. The molecule has 0 radical (unpaired) electrons. The molecule has 28 heavy (non-hydrogen) atoms. The number of rotatable bonds is 7. The zero-order valence-corrected chi connectivity index (χ0v) is 16.2. The van der Waals surface area contributed by atoms with Gasteiger partial charge in [-0.05, 0) is 30.7 Å². The number of methoxy groups -OCH3 is 2. The molecule has 0 bridgehead atoms. The van der Waals surface area contributed by atoms with Crippen LogP contribution in [0.3, 0.4) is 0 Å². The number of hydrogen-bond donors (Lipinski definition) is 3. The van der Waals surface area contributed by atoms with E-state index >= 15 is 0 Å². The van der Waals surface area contributed by atoms with E-state index in [-0.39, 0.29) is 0 Å². The summed E-state index contributed by atoms with van der Waals surface area (Å²) < 4.78 is 10.6. The number of benzene rings is 2. The first kappa shape index (κ1) is 19.2. The molecule has 0 unspecified atom stereocenters. The summed E-state index contributed by atoms with van der Waals surface area (Å²) in [5.74, 6) is 2.75. The Labute approximate surface area is 164 Å². The van der Waals surface area contributed by atoms with Crippen molar-refractivity contribution < 1.29 is 9.47 Å². The molecule has 146 valence electrons. The zero-order valence-electron chi connectivity index (χ0n) is 16.2. The molecule has 1 aromatic heterocycles. The molecule has 2 aromatic carbocycles. The van der Waals surface area contributed by atoms with Gasteiger partial charge in [0.2, 0.25) is 0 Å². The molecule has 0 spiro atoms. The van der Waals surface area contributed by atoms with E-state index in [1.165, 1.54) is 6.33 Å². The number of ether oxygens (including phenoxy) is 2. The van der Waals surface area contributed by atoms with Crippen LogP contribution in [0.25, 0.3) is 11.4 Å². The van der Waals surface area contributed by atoms with E-state index in [2.05, 4.69) is 30.8 Å². The fraction of sp³-hybridized carbons (Fsp3) is 0.250. The number of nitrogens with one attached hydrogen (secondary N) is 3. The van der Waals surface area contributed by atoms with Gasteiger partial charge in [0.1, 0.15) is 6.33 Å². The summed E-state index contributed by atoms with van der Waals surface area (Å²) in [7, 11) is 3.23. The Morgan fingerprint density at radius 1 is 1.11 bits per heavy atom. The number of aliphatic imine (C=N–C) groups is 1. The molecule has 8 nitrogen and oxygen atoms in total. The van der Waals surface area contributed by atoms with Gasteiger partial charge in [-0.15, -0.1) is 0 Å². The van der Waals surface area contributed by atoms with Crippen LogP contribution in [-0.2, 0) is 6.54 Å². The Morgan fingerprint density at radius 3 is 2.68 bits per heavy atom. The van der Waals surface area contributed by atoms with E-state index in [1.54, 1.807) is 14.2 Å². The largest absolute Gasteiger partial charge is 0.493 e. The van der Waals surface area contributed by atoms with Crippen LogP contribution in [0.15, 0.2) is 53.8 Å². The molecule has 0 fully saturated rings. The van der Waals surface area contributed by atoms with Crippen molar-refractivity contribution in [2.24, 2.45) is 4.99 Å². The Balaban J connectivity index is 1.75. The molecule has 0 saturated heterocycles. The minimum Gasteiger partial charge on any atom is -0.493 e. The molecular formula is C20H24N6O2. The number of guanidine groups is 1. The van der Waals surface area contributed by atoms with Crippen LogP contribution in [0.1, 0.15) is 12.5 Å². The van der Waals surface area contributed by atoms with E-state index in [1.807, 2.05) is 49.4 Å². The monoisotopic (exact) mass is 380 g/mol. The van der Waals surface area contributed by atoms with Gasteiger partial charge in [0.05, 0.1) is 20.8 Å². The molecule has 0 amide bonds. The highest BCUT2D eigenvalue weighted by Crippen LogP contribution is 2.29. The smallest absolute Gasteiger partial charge is 0.196 e. The van der Waals surface area contributed by atoms with E-state index < -0.39 is 0 Å². The van der Waals surface area contributed by atoms with Gasteiger partial charge in [0.15, 0.2) is 23.3 Å². The van der Waals surface area contributed by atoms with Crippen molar-refractivity contribution in [2.45, 2.75) is 13.5 Å². The van der Waals surface area contributed by atoms with Gasteiger partial charge in [-0.25, -0.2) is 9.98 Å². The van der Waals surface area contributed by atoms with Crippen molar-refractivity contribution in [1.82, 2.24) is 20.5 Å². The lowest BCUT2D eigenvalue weighted by atomic mass is 10.1. The molecule has 1 heterocycles. The van der Waals surface area contributed by atoms with E-state index in [9.17, 15) is 0 Å². The maximum absolute atomic E-state index is 5.36. The number of hydrogen-bond acceptors (Lipinski definition) is 5. The quantitative estimate of drug-likeness (QED) is 0.431. The second kappa shape index (κ2) is 9.40. The maximum atomic E-state index is 5.36. The van der Waals surface area contributed by atoms with Crippen molar-refractivity contribution in [3.63, 3.8) is 0 Å². The van der Waals surface area contributed by atoms with Gasteiger partial charge in [-0.3, -0.25) is 5.10 Å². The predicted molar refractivity (Wildman–Crippen MR) is 110 cm³/mol. The van der Waals surface area contributed by atoms with Crippen LogP contribution in [0, 0.1) is 0 Å². The Morgan fingerprint density at radius 2 is 1.96 bits per heavy atom. The molecule has 0 aliphatic carbocycles. The minimum absolute atomic E-state index is 0.518. The predicted octanol–water partition coefficient (Wildman–Crippen LogP) is 3.07. The van der Waals surface area contributed by atoms with E-state index in [0.717, 1.165) is 29.2 Å². The summed E-state index contributed by atoms with van der Waals surface area (Å²) in [6.07, 6.45) is 1.50. The normalized spacial score (nSPS) is 11.2. The van der Waals surface area contributed by atoms with Crippen molar-refractivity contribution in [3.05, 3.63) is 54.4 Å². The van der Waals surface area contributed by atoms with Gasteiger partial charge in [-0.1, -0.05) is 18.2 Å². The van der Waals surface area contributed by atoms with Gasteiger partial charge in [0.25, 0.3) is 0 Å². The summed E-state index contributed by atoms with van der Waals surface area (Å²) in [5, 5.41) is 13.3. The third kappa shape index (κ3) is 4.79. The summed E-state index contributed by atoms with van der Waals surface area (Å²) in [6.45, 7) is 3.29. The fourth-order valence-electron chi connectivity index (χ4n) is 2.69. The number of H-pyrrole nitrogens is 1. The summed E-state index contributed by atoms with van der Waals surface area (Å²) in [4.78, 5) is 8.86. The molecule has 3 N–H and O–H groups in total. The minimum atomic E-state index is 0.518. The summed E-state index contributed by atoms with van der Waals surface area (Å²) in [5.41, 5.74) is 2.90. The molecule has 0 saturated carbocycles. The summed E-state index contributed by atoms with van der Waals surface area (Å²) in [6, 6.07) is 13.7. The Kier molecular flexibility index (Phi) is 6.46. The third-order valence-corrected chi connectivity index (χ3v) is 4.03. The molecule has 0 aliphatic rings. The number of aromatic nitrogens is 3. The van der Waals surface area contributed by atoms with Crippen LogP contribution in [0.4, 0.5) is 5.69 Å². The maximum Gasteiger partial charge on any atom is 0.196 e. The lowest BCUT2D eigenvalue weighted by molar-refractivity contribution is 0.355. The van der Waals surface area contributed by atoms with Gasteiger partial charge < -0.3 is 20.1 Å². The topological polar surface area (TPSA) is 96.5 Å². The van der Waals surface area contributed by atoms with Gasteiger partial charge in [-0.2, -0.15) is 5.10 Å². The van der Waals surface area contributed by atoms with Crippen molar-refractivity contribution in [1.29, 1.82) is 0 Å². The average Bonchev–Trinajstić information content (AvgIpc) is 3.27. The second-order valence-electron chi connectivity index (χ2n) is 5.92. The van der Waals surface area contributed by atoms with Crippen LogP contribution in [0.2, 0.25) is 0 Å². The van der Waals surface area contributed by atoms with Crippen LogP contribution >= 0.6 is 0 Å². The van der Waals surface area contributed by atoms with Crippen molar-refractivity contribution in [3.8, 4) is 22.9 Å². The van der Waals surface area contributed by atoms with Crippen LogP contribution in [-0.4, -0.2) is 41.9 Å². The second-order valence-corrected chi connectivity index (χ2v) is 5.92. The average molecular weight is 380 g/mol. The molecule has 3 rings (SSSR count). The van der Waals surface area contributed by atoms with Gasteiger partial charge in [0, 0.05) is 23.9 Å². The number of aromatic amines is 1.